The van der Waals surface area contributed by atoms with Crippen LogP contribution in [0.25, 0.3) is 11.1 Å². The Hall–Kier alpha value is -3.70. The maximum absolute atomic E-state index is 12.6. The predicted molar refractivity (Wildman–Crippen MR) is 141 cm³/mol. The highest BCUT2D eigenvalue weighted by atomic mass is 32.2. The lowest BCUT2D eigenvalue weighted by atomic mass is 9.87. The van der Waals surface area contributed by atoms with Crippen molar-refractivity contribution < 1.29 is 17.9 Å². The van der Waals surface area contributed by atoms with Crippen molar-refractivity contribution >= 4 is 39.0 Å². The SMILES string of the molecule is CN1CCN(c2cncc(Nc3cc4c(cn3)-c3ccc(N5CCCC5=O)cc3OC4(C)C)c2)S1(=O)=O. The van der Waals surface area contributed by atoms with Crippen molar-refractivity contribution in [3.63, 3.8) is 0 Å². The van der Waals surface area contributed by atoms with Crippen LogP contribution in [0.4, 0.5) is 22.9 Å². The standard InChI is InChI=1S/C26H28N6O4S/c1-26(2)22-13-24(29-17-11-19(15-27-14-17)32-10-9-30(3)37(32,34)35)28-16-21(22)20-7-6-18(12-23(20)36-26)31-8-4-5-25(31)33/h6-7,11-16H,4-5,8-10H2,1-3H3,(H,28,29). The molecule has 2 fully saturated rings. The van der Waals surface area contributed by atoms with Crippen molar-refractivity contribution in [3.8, 4) is 16.9 Å². The van der Waals surface area contributed by atoms with Crippen LogP contribution >= 0.6 is 0 Å². The number of nitrogens with zero attached hydrogens (tertiary/aromatic N) is 5. The molecule has 0 saturated carbocycles. The first kappa shape index (κ1) is 23.7. The second kappa shape index (κ2) is 8.42. The van der Waals surface area contributed by atoms with E-state index in [0.717, 1.165) is 41.1 Å². The van der Waals surface area contributed by atoms with Gasteiger partial charge in [0.2, 0.25) is 5.91 Å². The van der Waals surface area contributed by atoms with Gasteiger partial charge in [0.05, 0.1) is 23.8 Å². The number of aromatic nitrogens is 2. The normalized spacial score (nSPS) is 19.9. The van der Waals surface area contributed by atoms with Crippen LogP contribution in [0.2, 0.25) is 0 Å². The molecule has 1 amide bonds. The monoisotopic (exact) mass is 520 g/mol. The van der Waals surface area contributed by atoms with Gasteiger partial charge in [0.1, 0.15) is 17.2 Å². The molecule has 0 radical (unpaired) electrons. The number of nitrogens with one attached hydrogen (secondary N) is 1. The average molecular weight is 521 g/mol. The number of rotatable bonds is 4. The van der Waals surface area contributed by atoms with Crippen LogP contribution in [0.1, 0.15) is 32.3 Å². The topological polar surface area (TPSA) is 108 Å². The lowest BCUT2D eigenvalue weighted by Crippen LogP contribution is -2.30. The van der Waals surface area contributed by atoms with Gasteiger partial charge in [-0.1, -0.05) is 0 Å². The minimum atomic E-state index is -3.53. The summed E-state index contributed by atoms with van der Waals surface area (Å²) in [6, 6.07) is 9.59. The van der Waals surface area contributed by atoms with Crippen molar-refractivity contribution in [1.82, 2.24) is 14.3 Å². The van der Waals surface area contributed by atoms with Gasteiger partial charge in [0, 0.05) is 67.7 Å². The molecule has 192 valence electrons. The summed E-state index contributed by atoms with van der Waals surface area (Å²) in [4.78, 5) is 22.9. The molecule has 37 heavy (non-hydrogen) atoms. The summed E-state index contributed by atoms with van der Waals surface area (Å²) in [5.41, 5.74) is 4.20. The number of hydrogen-bond acceptors (Lipinski definition) is 7. The molecule has 11 heteroatoms. The smallest absolute Gasteiger partial charge is 0.303 e. The molecule has 3 aromatic rings. The Labute approximate surface area is 216 Å². The molecule has 0 unspecified atom stereocenters. The fraction of sp³-hybridized carbons (Fsp3) is 0.346. The third kappa shape index (κ3) is 3.98. The van der Waals surface area contributed by atoms with Crippen LogP contribution in [0, 0.1) is 0 Å². The van der Waals surface area contributed by atoms with E-state index in [1.807, 2.05) is 49.2 Å². The van der Waals surface area contributed by atoms with Gasteiger partial charge in [-0.25, -0.2) is 4.98 Å². The van der Waals surface area contributed by atoms with Crippen molar-refractivity contribution in [3.05, 3.63) is 54.5 Å². The van der Waals surface area contributed by atoms with Crippen LogP contribution in [-0.2, 0) is 20.6 Å². The molecule has 1 aromatic carbocycles. The van der Waals surface area contributed by atoms with E-state index >= 15 is 0 Å². The third-order valence-corrected chi connectivity index (χ3v) is 9.05. The van der Waals surface area contributed by atoms with E-state index in [-0.39, 0.29) is 5.91 Å². The number of amides is 1. The maximum Gasteiger partial charge on any atom is 0.303 e. The Bertz CT molecular complexity index is 1520. The molecule has 0 aliphatic carbocycles. The van der Waals surface area contributed by atoms with Gasteiger partial charge < -0.3 is 15.0 Å². The molecular formula is C26H28N6O4S. The first-order valence-electron chi connectivity index (χ1n) is 12.2. The zero-order chi connectivity index (χ0) is 25.9. The van der Waals surface area contributed by atoms with Crippen molar-refractivity contribution in [2.75, 3.05) is 41.2 Å². The van der Waals surface area contributed by atoms with E-state index in [0.29, 0.717) is 36.7 Å². The summed E-state index contributed by atoms with van der Waals surface area (Å²) in [7, 11) is -1.96. The molecular weight excluding hydrogens is 492 g/mol. The highest BCUT2D eigenvalue weighted by molar-refractivity contribution is 7.90. The highest BCUT2D eigenvalue weighted by Crippen LogP contribution is 2.47. The minimum Gasteiger partial charge on any atom is -0.482 e. The molecule has 2 aromatic heterocycles. The molecule has 6 rings (SSSR count). The molecule has 0 bridgehead atoms. The van der Waals surface area contributed by atoms with Crippen LogP contribution < -0.4 is 19.3 Å². The second-order valence-electron chi connectivity index (χ2n) is 10.0. The summed E-state index contributed by atoms with van der Waals surface area (Å²) in [5, 5.41) is 3.26. The molecule has 0 spiro atoms. The van der Waals surface area contributed by atoms with E-state index in [1.165, 1.54) is 8.61 Å². The maximum atomic E-state index is 12.6. The van der Waals surface area contributed by atoms with Gasteiger partial charge in [0.15, 0.2) is 0 Å². The number of likely N-dealkylation sites (N-methyl/N-ethyl adjacent to an activating group) is 1. The van der Waals surface area contributed by atoms with Crippen LogP contribution in [0.3, 0.4) is 0 Å². The second-order valence-corrected chi connectivity index (χ2v) is 12.0. The minimum absolute atomic E-state index is 0.140. The predicted octanol–water partition coefficient (Wildman–Crippen LogP) is 3.64. The third-order valence-electron chi connectivity index (χ3n) is 7.13. The largest absolute Gasteiger partial charge is 0.482 e. The molecule has 2 saturated heterocycles. The van der Waals surface area contributed by atoms with Crippen molar-refractivity contribution in [2.45, 2.75) is 32.3 Å². The van der Waals surface area contributed by atoms with E-state index < -0.39 is 15.8 Å². The van der Waals surface area contributed by atoms with Crippen LogP contribution in [-0.4, -0.2) is 55.3 Å². The Morgan fingerprint density at radius 2 is 1.84 bits per heavy atom. The number of anilines is 4. The lowest BCUT2D eigenvalue weighted by Gasteiger charge is -2.35. The Balaban J connectivity index is 1.30. The fourth-order valence-electron chi connectivity index (χ4n) is 5.15. The quantitative estimate of drug-likeness (QED) is 0.560. The molecule has 1 N–H and O–H groups in total. The number of carbonyl (C=O) groups excluding carboxylic acids is 1. The molecule has 5 heterocycles. The number of ether oxygens (including phenoxy) is 1. The van der Waals surface area contributed by atoms with E-state index in [2.05, 4.69) is 15.3 Å². The van der Waals surface area contributed by atoms with Gasteiger partial charge in [-0.3, -0.25) is 14.1 Å². The van der Waals surface area contributed by atoms with E-state index in [9.17, 15) is 13.2 Å². The zero-order valence-electron chi connectivity index (χ0n) is 20.9. The van der Waals surface area contributed by atoms with Gasteiger partial charge in [-0.15, -0.1) is 0 Å². The highest BCUT2D eigenvalue weighted by Gasteiger charge is 2.35. The summed E-state index contributed by atoms with van der Waals surface area (Å²) in [6.45, 7) is 5.54. The molecule has 3 aliphatic heterocycles. The lowest BCUT2D eigenvalue weighted by molar-refractivity contribution is -0.117. The summed E-state index contributed by atoms with van der Waals surface area (Å²) >= 11 is 0. The Morgan fingerprint density at radius 1 is 1.00 bits per heavy atom. The number of pyridine rings is 2. The summed E-state index contributed by atoms with van der Waals surface area (Å²) in [6.07, 6.45) is 6.44. The number of fused-ring (bicyclic) bond motifs is 3. The average Bonchev–Trinajstić information content (AvgIpc) is 3.40. The Morgan fingerprint density at radius 3 is 2.57 bits per heavy atom. The number of carbonyl (C=O) groups is 1. The van der Waals surface area contributed by atoms with Gasteiger partial charge in [0.25, 0.3) is 0 Å². The number of benzene rings is 1. The van der Waals surface area contributed by atoms with Crippen molar-refractivity contribution in [1.29, 1.82) is 0 Å². The summed E-state index contributed by atoms with van der Waals surface area (Å²) < 4.78 is 34.2. The first-order chi connectivity index (χ1) is 17.6. The molecule has 3 aliphatic rings. The van der Waals surface area contributed by atoms with Gasteiger partial charge >= 0.3 is 10.2 Å². The van der Waals surface area contributed by atoms with E-state index in [4.69, 9.17) is 4.74 Å². The van der Waals surface area contributed by atoms with Crippen molar-refractivity contribution in [2.24, 2.45) is 0 Å². The molecule has 0 atom stereocenters. The zero-order valence-corrected chi connectivity index (χ0v) is 21.7. The number of hydrogen-bond donors (Lipinski definition) is 1. The first-order valence-corrected chi connectivity index (χ1v) is 13.6. The van der Waals surface area contributed by atoms with Crippen LogP contribution in [0.5, 0.6) is 5.75 Å². The van der Waals surface area contributed by atoms with Gasteiger partial charge in [-0.05, 0) is 44.5 Å². The summed E-state index contributed by atoms with van der Waals surface area (Å²) in [5.74, 6) is 1.46. The Kier molecular flexibility index (Phi) is 5.39. The van der Waals surface area contributed by atoms with E-state index in [1.54, 1.807) is 25.5 Å². The molecule has 10 nitrogen and oxygen atoms in total. The van der Waals surface area contributed by atoms with Gasteiger partial charge in [-0.2, -0.15) is 12.7 Å². The fourth-order valence-corrected chi connectivity index (χ4v) is 6.47. The van der Waals surface area contributed by atoms with Crippen LogP contribution in [0.15, 0.2) is 48.9 Å².